The van der Waals surface area contributed by atoms with Crippen LogP contribution in [0.2, 0.25) is 0 Å². The van der Waals surface area contributed by atoms with Crippen LogP contribution >= 0.6 is 0 Å². The number of Topliss-reactive ketones (excluding diaryl/α,β-unsaturated/α-hetero) is 1. The zero-order valence-electron chi connectivity index (χ0n) is 9.28. The van der Waals surface area contributed by atoms with Gasteiger partial charge in [-0.15, -0.1) is 0 Å². The third kappa shape index (κ3) is 2.22. The van der Waals surface area contributed by atoms with Gasteiger partial charge in [0.1, 0.15) is 5.60 Å². The molecule has 1 saturated heterocycles. The molecule has 4 heteroatoms. The van der Waals surface area contributed by atoms with Crippen molar-refractivity contribution in [1.29, 1.82) is 0 Å². The van der Waals surface area contributed by atoms with Crippen LogP contribution in [0.4, 0.5) is 0 Å². The molecular formula is C11H18O4. The second-order valence-electron chi connectivity index (χ2n) is 4.94. The van der Waals surface area contributed by atoms with Gasteiger partial charge in [0, 0.05) is 6.42 Å². The molecule has 0 aromatic carbocycles. The van der Waals surface area contributed by atoms with Crippen LogP contribution in [0.15, 0.2) is 0 Å². The zero-order chi connectivity index (χ0) is 11.1. The lowest BCUT2D eigenvalue weighted by Crippen LogP contribution is -2.48. The van der Waals surface area contributed by atoms with E-state index in [4.69, 9.17) is 9.47 Å². The molecule has 15 heavy (non-hydrogen) atoms. The van der Waals surface area contributed by atoms with Gasteiger partial charge >= 0.3 is 0 Å². The lowest BCUT2D eigenvalue weighted by molar-refractivity contribution is -0.154. The van der Waals surface area contributed by atoms with Crippen LogP contribution in [0.5, 0.6) is 0 Å². The van der Waals surface area contributed by atoms with Gasteiger partial charge in [0.15, 0.2) is 11.6 Å². The maximum absolute atomic E-state index is 11.2. The molecule has 2 fully saturated rings. The molecule has 2 rings (SSSR count). The van der Waals surface area contributed by atoms with E-state index in [1.54, 1.807) is 0 Å². The molecule has 1 unspecified atom stereocenters. The van der Waals surface area contributed by atoms with Crippen molar-refractivity contribution in [3.8, 4) is 0 Å². The Bertz CT molecular complexity index is 274. The average Bonchev–Trinajstić information content (AvgIpc) is 2.52. The third-order valence-corrected chi connectivity index (χ3v) is 3.23. The van der Waals surface area contributed by atoms with Gasteiger partial charge in [-0.2, -0.15) is 0 Å². The van der Waals surface area contributed by atoms with Gasteiger partial charge in [0.05, 0.1) is 12.7 Å². The van der Waals surface area contributed by atoms with Crippen LogP contribution in [0.25, 0.3) is 0 Å². The quantitative estimate of drug-likeness (QED) is 0.761. The van der Waals surface area contributed by atoms with Gasteiger partial charge < -0.3 is 14.6 Å². The first-order chi connectivity index (χ1) is 6.91. The Morgan fingerprint density at radius 2 is 2.27 bits per heavy atom. The molecule has 1 saturated carbocycles. The maximum Gasteiger partial charge on any atom is 0.164 e. The number of aliphatic hydroxyl groups is 1. The predicted molar refractivity (Wildman–Crippen MR) is 53.3 cm³/mol. The van der Waals surface area contributed by atoms with Crippen LogP contribution in [-0.2, 0) is 14.3 Å². The van der Waals surface area contributed by atoms with E-state index in [1.807, 2.05) is 13.8 Å². The van der Waals surface area contributed by atoms with Crippen molar-refractivity contribution >= 4 is 5.78 Å². The minimum atomic E-state index is -1.06. The highest BCUT2D eigenvalue weighted by atomic mass is 16.7. The normalized spacial score (nSPS) is 39.1. The fraction of sp³-hybridized carbons (Fsp3) is 0.909. The number of carbonyl (C=O) groups excluding carboxylic acids is 1. The number of carbonyl (C=O) groups is 1. The monoisotopic (exact) mass is 214 g/mol. The van der Waals surface area contributed by atoms with Crippen molar-refractivity contribution in [1.82, 2.24) is 0 Å². The van der Waals surface area contributed by atoms with Crippen LogP contribution in [0.1, 0.15) is 39.5 Å². The van der Waals surface area contributed by atoms with E-state index in [1.165, 1.54) is 0 Å². The summed E-state index contributed by atoms with van der Waals surface area (Å²) in [4.78, 5) is 11.2. The molecule has 1 heterocycles. The van der Waals surface area contributed by atoms with Crippen LogP contribution in [0.3, 0.4) is 0 Å². The topological polar surface area (TPSA) is 55.8 Å². The molecule has 0 spiro atoms. The minimum Gasteiger partial charge on any atom is -0.382 e. The molecule has 1 aliphatic carbocycles. The summed E-state index contributed by atoms with van der Waals surface area (Å²) in [6.07, 6.45) is 2.31. The summed E-state index contributed by atoms with van der Waals surface area (Å²) in [5.74, 6) is -0.544. The Morgan fingerprint density at radius 3 is 2.67 bits per heavy atom. The summed E-state index contributed by atoms with van der Waals surface area (Å²) in [6.45, 7) is 4.30. The van der Waals surface area contributed by atoms with Crippen LogP contribution in [-0.4, -0.2) is 35.0 Å². The van der Waals surface area contributed by atoms with Crippen LogP contribution in [0, 0.1) is 0 Å². The van der Waals surface area contributed by atoms with E-state index >= 15 is 0 Å². The smallest absolute Gasteiger partial charge is 0.164 e. The highest BCUT2D eigenvalue weighted by molar-refractivity contribution is 5.92. The number of hydrogen-bond acceptors (Lipinski definition) is 4. The second-order valence-corrected chi connectivity index (χ2v) is 4.94. The highest BCUT2D eigenvalue weighted by Gasteiger charge is 2.44. The Labute approximate surface area is 89.6 Å². The van der Waals surface area contributed by atoms with Crippen molar-refractivity contribution in [2.45, 2.75) is 57.0 Å². The van der Waals surface area contributed by atoms with Crippen molar-refractivity contribution in [3.05, 3.63) is 0 Å². The molecule has 2 atom stereocenters. The first kappa shape index (κ1) is 11.0. The van der Waals surface area contributed by atoms with Crippen molar-refractivity contribution < 1.29 is 19.4 Å². The lowest BCUT2D eigenvalue weighted by Gasteiger charge is -2.35. The van der Waals surface area contributed by atoms with Gasteiger partial charge in [-0.3, -0.25) is 4.79 Å². The van der Waals surface area contributed by atoms with E-state index in [-0.39, 0.29) is 11.9 Å². The highest BCUT2D eigenvalue weighted by Crippen LogP contribution is 2.34. The van der Waals surface area contributed by atoms with E-state index < -0.39 is 11.4 Å². The van der Waals surface area contributed by atoms with E-state index in [0.29, 0.717) is 32.3 Å². The lowest BCUT2D eigenvalue weighted by atomic mass is 9.75. The third-order valence-electron chi connectivity index (χ3n) is 3.23. The summed E-state index contributed by atoms with van der Waals surface area (Å²) in [5, 5.41) is 9.82. The number of ketones is 1. The molecule has 1 aliphatic heterocycles. The molecule has 0 amide bonds. The first-order valence-electron chi connectivity index (χ1n) is 5.49. The Hall–Kier alpha value is -0.450. The molecule has 86 valence electrons. The van der Waals surface area contributed by atoms with Crippen molar-refractivity contribution in [2.24, 2.45) is 0 Å². The van der Waals surface area contributed by atoms with Gasteiger partial charge in [-0.05, 0) is 33.1 Å². The molecule has 4 nitrogen and oxygen atoms in total. The van der Waals surface area contributed by atoms with E-state index in [9.17, 15) is 9.90 Å². The summed E-state index contributed by atoms with van der Waals surface area (Å²) < 4.78 is 11.0. The van der Waals surface area contributed by atoms with Crippen LogP contribution < -0.4 is 0 Å². The largest absolute Gasteiger partial charge is 0.382 e. The van der Waals surface area contributed by atoms with Crippen molar-refractivity contribution in [2.75, 3.05) is 6.61 Å². The van der Waals surface area contributed by atoms with Gasteiger partial charge in [0.2, 0.25) is 0 Å². The average molecular weight is 214 g/mol. The van der Waals surface area contributed by atoms with Gasteiger partial charge in [-0.25, -0.2) is 0 Å². The second kappa shape index (κ2) is 3.54. The van der Waals surface area contributed by atoms with E-state index in [0.717, 1.165) is 0 Å². The number of hydrogen-bond donors (Lipinski definition) is 1. The molecule has 0 aromatic rings. The van der Waals surface area contributed by atoms with Gasteiger partial charge in [-0.1, -0.05) is 0 Å². The summed E-state index contributed by atoms with van der Waals surface area (Å²) in [5.41, 5.74) is -1.06. The number of ether oxygens (including phenoxy) is 2. The first-order valence-corrected chi connectivity index (χ1v) is 5.49. The molecule has 0 bridgehead atoms. The number of rotatable bonds is 3. The predicted octanol–water partition coefficient (Wildman–Crippen LogP) is 1.01. The molecule has 2 aliphatic rings. The zero-order valence-corrected chi connectivity index (χ0v) is 9.28. The standard InChI is InChI=1S/C11H18O4/c1-10(2)14-7-8(15-10)3-5-11(13)6-4-9(11)12/h8,13H,3-7H2,1-2H3/t8-,11?/m1/s1. The maximum atomic E-state index is 11.2. The Kier molecular flexibility index (Phi) is 2.61. The molecule has 1 N–H and O–H groups in total. The molecule has 0 radical (unpaired) electrons. The fourth-order valence-corrected chi connectivity index (χ4v) is 2.09. The fourth-order valence-electron chi connectivity index (χ4n) is 2.09. The SMILES string of the molecule is CC1(C)OC[C@@H](CCC2(O)CCC2=O)O1. The van der Waals surface area contributed by atoms with Crippen molar-refractivity contribution in [3.63, 3.8) is 0 Å². The Morgan fingerprint density at radius 1 is 1.53 bits per heavy atom. The summed E-state index contributed by atoms with van der Waals surface area (Å²) >= 11 is 0. The summed E-state index contributed by atoms with van der Waals surface area (Å²) in [7, 11) is 0. The molecular weight excluding hydrogens is 196 g/mol. The minimum absolute atomic E-state index is 0.0115. The molecule has 0 aromatic heterocycles. The summed E-state index contributed by atoms with van der Waals surface area (Å²) in [6, 6.07) is 0. The van der Waals surface area contributed by atoms with Gasteiger partial charge in [0.25, 0.3) is 0 Å². The Balaban J connectivity index is 1.77. The van der Waals surface area contributed by atoms with E-state index in [2.05, 4.69) is 0 Å².